The van der Waals surface area contributed by atoms with Crippen molar-refractivity contribution >= 4 is 16.7 Å². The fraction of sp³-hybridized carbons (Fsp3) is 0.333. The highest BCUT2D eigenvalue weighted by molar-refractivity contribution is 7.86. The van der Waals surface area contributed by atoms with E-state index >= 15 is 0 Å². The summed E-state index contributed by atoms with van der Waals surface area (Å²) in [6, 6.07) is 2.39. The first-order chi connectivity index (χ1) is 6.56. The van der Waals surface area contributed by atoms with Crippen LogP contribution in [0.5, 0.6) is 0 Å². The first-order valence-electron chi connectivity index (χ1n) is 4.16. The fourth-order valence-electron chi connectivity index (χ4n) is 0.935. The number of halogens is 2. The number of hydrogen-bond donors (Lipinski definition) is 1. The number of rotatable bonds is 3. The van der Waals surface area contributed by atoms with Gasteiger partial charge in [0.05, 0.1) is 5.69 Å². The Morgan fingerprint density at radius 3 is 2.64 bits per heavy atom. The van der Waals surface area contributed by atoms with E-state index in [4.69, 9.17) is 0 Å². The van der Waals surface area contributed by atoms with Gasteiger partial charge in [-0.1, -0.05) is 6.92 Å². The molecule has 0 radical (unpaired) electrons. The van der Waals surface area contributed by atoms with Gasteiger partial charge in [0, 0.05) is 11.3 Å². The molecule has 0 bridgehead atoms. The smallest absolute Gasteiger partial charge is 0.153 e. The maximum Gasteiger partial charge on any atom is 0.153 e. The maximum absolute atomic E-state index is 13.3. The minimum Gasteiger partial charge on any atom is -0.302 e. The van der Waals surface area contributed by atoms with E-state index in [1.807, 2.05) is 0 Å². The predicted molar refractivity (Wildman–Crippen MR) is 53.4 cm³/mol. The van der Waals surface area contributed by atoms with E-state index in [0.29, 0.717) is 5.75 Å². The van der Waals surface area contributed by atoms with Crippen LogP contribution in [0.15, 0.2) is 12.1 Å². The van der Waals surface area contributed by atoms with Crippen LogP contribution >= 0.6 is 0 Å². The van der Waals surface area contributed by atoms with E-state index in [2.05, 4.69) is 4.72 Å². The van der Waals surface area contributed by atoms with Gasteiger partial charge in [-0.2, -0.15) is 0 Å². The molecule has 0 fully saturated rings. The van der Waals surface area contributed by atoms with Crippen molar-refractivity contribution in [2.75, 3.05) is 10.5 Å². The Morgan fingerprint density at radius 2 is 2.07 bits per heavy atom. The van der Waals surface area contributed by atoms with Gasteiger partial charge in [0.1, 0.15) is 16.8 Å². The van der Waals surface area contributed by atoms with E-state index in [1.54, 1.807) is 6.92 Å². The van der Waals surface area contributed by atoms with E-state index in [0.717, 1.165) is 6.07 Å². The molecule has 0 heterocycles. The van der Waals surface area contributed by atoms with Crippen molar-refractivity contribution in [2.45, 2.75) is 13.8 Å². The zero-order chi connectivity index (χ0) is 10.7. The molecule has 78 valence electrons. The number of benzene rings is 1. The molecule has 1 aromatic carbocycles. The normalized spacial score (nSPS) is 12.6. The summed E-state index contributed by atoms with van der Waals surface area (Å²) < 4.78 is 39.7. The third kappa shape index (κ3) is 2.29. The molecule has 1 aromatic rings. The molecule has 1 unspecified atom stereocenters. The average Bonchev–Trinajstić information content (AvgIpc) is 2.19. The molecular weight excluding hydrogens is 208 g/mol. The van der Waals surface area contributed by atoms with E-state index in [1.165, 1.54) is 13.0 Å². The van der Waals surface area contributed by atoms with Crippen molar-refractivity contribution in [3.63, 3.8) is 0 Å². The van der Waals surface area contributed by atoms with Crippen molar-refractivity contribution in [3.05, 3.63) is 29.3 Å². The van der Waals surface area contributed by atoms with Gasteiger partial charge in [0.25, 0.3) is 0 Å². The van der Waals surface area contributed by atoms with Crippen LogP contribution in [-0.2, 0) is 11.0 Å². The largest absolute Gasteiger partial charge is 0.302 e. The van der Waals surface area contributed by atoms with Gasteiger partial charge in [0.2, 0.25) is 0 Å². The zero-order valence-corrected chi connectivity index (χ0v) is 8.75. The van der Waals surface area contributed by atoms with Crippen molar-refractivity contribution in [1.82, 2.24) is 0 Å². The fourth-order valence-corrected chi connectivity index (χ4v) is 1.48. The Kier molecular flexibility index (Phi) is 3.57. The Hall–Kier alpha value is -0.970. The summed E-state index contributed by atoms with van der Waals surface area (Å²) in [6.07, 6.45) is 0. The Balaban J connectivity index is 3.00. The summed E-state index contributed by atoms with van der Waals surface area (Å²) in [6.45, 7) is 3.04. The van der Waals surface area contributed by atoms with Crippen LogP contribution in [-0.4, -0.2) is 9.96 Å². The van der Waals surface area contributed by atoms with Crippen LogP contribution in [0.2, 0.25) is 0 Å². The molecule has 0 saturated heterocycles. The number of nitrogens with one attached hydrogen (secondary N) is 1. The number of anilines is 1. The molecule has 1 rings (SSSR count). The zero-order valence-electron chi connectivity index (χ0n) is 7.93. The maximum atomic E-state index is 13.3. The van der Waals surface area contributed by atoms with Crippen LogP contribution in [0.25, 0.3) is 0 Å². The van der Waals surface area contributed by atoms with Gasteiger partial charge in [-0.25, -0.2) is 13.0 Å². The van der Waals surface area contributed by atoms with Crippen molar-refractivity contribution in [3.8, 4) is 0 Å². The number of hydrogen-bond acceptors (Lipinski definition) is 1. The van der Waals surface area contributed by atoms with Crippen LogP contribution in [0.1, 0.15) is 12.5 Å². The molecule has 1 atom stereocenters. The predicted octanol–water partition coefficient (Wildman–Crippen LogP) is 2.37. The Labute approximate surface area is 83.9 Å². The molecule has 0 aromatic heterocycles. The van der Waals surface area contributed by atoms with Gasteiger partial charge >= 0.3 is 0 Å². The third-order valence-electron chi connectivity index (χ3n) is 1.81. The van der Waals surface area contributed by atoms with Crippen LogP contribution in [0, 0.1) is 18.6 Å². The summed E-state index contributed by atoms with van der Waals surface area (Å²) in [4.78, 5) is 0. The van der Waals surface area contributed by atoms with Gasteiger partial charge < -0.3 is 4.72 Å². The molecular formula is C9H11F2NOS. The summed E-state index contributed by atoms with van der Waals surface area (Å²) >= 11 is 0. The third-order valence-corrected chi connectivity index (χ3v) is 2.78. The molecule has 0 saturated carbocycles. The van der Waals surface area contributed by atoms with Gasteiger partial charge in [0.15, 0.2) is 5.82 Å². The lowest BCUT2D eigenvalue weighted by Crippen LogP contribution is -2.08. The standard InChI is InChI=1S/C9H11F2NOS/c1-3-14(13)12-8-5-4-7(10)6(2)9(8)11/h4-5,12H,3H2,1-2H3. The Bertz CT molecular complexity index is 368. The lowest BCUT2D eigenvalue weighted by molar-refractivity contribution is 0.571. The Morgan fingerprint density at radius 1 is 1.43 bits per heavy atom. The molecule has 0 aliphatic carbocycles. The van der Waals surface area contributed by atoms with Gasteiger partial charge in [-0.15, -0.1) is 0 Å². The molecule has 5 heteroatoms. The second kappa shape index (κ2) is 4.50. The average molecular weight is 219 g/mol. The molecule has 0 aliphatic rings. The highest BCUT2D eigenvalue weighted by Crippen LogP contribution is 2.20. The van der Waals surface area contributed by atoms with E-state index in [-0.39, 0.29) is 11.3 Å². The summed E-state index contributed by atoms with van der Waals surface area (Å²) in [5.74, 6) is -0.919. The molecule has 0 aliphatic heterocycles. The minimum absolute atomic E-state index is 0.0666. The van der Waals surface area contributed by atoms with Gasteiger partial charge in [-0.05, 0) is 19.1 Å². The summed E-state index contributed by atoms with van der Waals surface area (Å²) in [5, 5.41) is 0. The van der Waals surface area contributed by atoms with Crippen molar-refractivity contribution in [2.24, 2.45) is 0 Å². The van der Waals surface area contributed by atoms with Crippen molar-refractivity contribution in [1.29, 1.82) is 0 Å². The van der Waals surface area contributed by atoms with E-state index < -0.39 is 22.6 Å². The first-order valence-corrected chi connectivity index (χ1v) is 5.47. The van der Waals surface area contributed by atoms with Crippen LogP contribution in [0.4, 0.5) is 14.5 Å². The summed E-state index contributed by atoms with van der Waals surface area (Å²) in [7, 11) is -1.32. The highest BCUT2D eigenvalue weighted by atomic mass is 32.2. The van der Waals surface area contributed by atoms with Crippen LogP contribution in [0.3, 0.4) is 0 Å². The van der Waals surface area contributed by atoms with Crippen LogP contribution < -0.4 is 4.72 Å². The second-order valence-corrected chi connectivity index (χ2v) is 4.24. The van der Waals surface area contributed by atoms with Crippen molar-refractivity contribution < 1.29 is 13.0 Å². The first kappa shape index (κ1) is 11.1. The van der Waals surface area contributed by atoms with E-state index in [9.17, 15) is 13.0 Å². The summed E-state index contributed by atoms with van der Waals surface area (Å²) in [5.41, 5.74) is 0.00665. The molecule has 0 amide bonds. The highest BCUT2D eigenvalue weighted by Gasteiger charge is 2.10. The lowest BCUT2D eigenvalue weighted by atomic mass is 10.2. The minimum atomic E-state index is -1.32. The molecule has 14 heavy (non-hydrogen) atoms. The second-order valence-electron chi connectivity index (χ2n) is 2.77. The SMILES string of the molecule is CCS(=O)Nc1ccc(F)c(C)c1F. The molecule has 0 spiro atoms. The molecule has 1 N–H and O–H groups in total. The van der Waals surface area contributed by atoms with Gasteiger partial charge in [-0.3, -0.25) is 0 Å². The monoisotopic (exact) mass is 219 g/mol. The quantitative estimate of drug-likeness (QED) is 0.830. The lowest BCUT2D eigenvalue weighted by Gasteiger charge is -2.07. The topological polar surface area (TPSA) is 29.1 Å². The molecule has 2 nitrogen and oxygen atoms in total.